The molecule has 1 heterocycles. The van der Waals surface area contributed by atoms with Crippen LogP contribution in [0.15, 0.2) is 17.5 Å². The van der Waals surface area contributed by atoms with Gasteiger partial charge in [-0.2, -0.15) is 8.78 Å². The third-order valence-corrected chi connectivity index (χ3v) is 3.16. The lowest BCUT2D eigenvalue weighted by atomic mass is 10.2. The topological polar surface area (TPSA) is 29.5 Å². The fraction of sp³-hybridized carbons (Fsp3) is 0.636. The molecule has 0 fully saturated rings. The Balaban J connectivity index is 2.15. The van der Waals surface area contributed by atoms with Crippen LogP contribution in [-0.4, -0.2) is 36.8 Å². The van der Waals surface area contributed by atoms with Crippen LogP contribution in [0.3, 0.4) is 0 Å². The first-order valence-corrected chi connectivity index (χ1v) is 6.24. The number of aliphatic hydroxyl groups excluding tert-OH is 1. The molecule has 7 heteroatoms. The summed E-state index contributed by atoms with van der Waals surface area (Å²) in [6.07, 6.45) is -3.73. The molecule has 104 valence electrons. The molecule has 1 aromatic rings. The van der Waals surface area contributed by atoms with Gasteiger partial charge in [-0.15, -0.1) is 11.3 Å². The van der Waals surface area contributed by atoms with E-state index in [2.05, 4.69) is 4.74 Å². The lowest BCUT2D eigenvalue weighted by Crippen LogP contribution is -2.33. The van der Waals surface area contributed by atoms with Gasteiger partial charge in [-0.25, -0.2) is 8.78 Å². The first-order chi connectivity index (χ1) is 8.42. The lowest BCUT2D eigenvalue weighted by molar-refractivity contribution is -0.170. The summed E-state index contributed by atoms with van der Waals surface area (Å²) in [6, 6.07) is 3.76. The van der Waals surface area contributed by atoms with E-state index < -0.39 is 25.1 Å². The van der Waals surface area contributed by atoms with Gasteiger partial charge in [0.25, 0.3) is 0 Å². The minimum atomic E-state index is -4.16. The highest BCUT2D eigenvalue weighted by Crippen LogP contribution is 2.23. The van der Waals surface area contributed by atoms with Gasteiger partial charge in [0, 0.05) is 4.88 Å². The number of aliphatic hydroxyl groups is 1. The maximum atomic E-state index is 12.5. The van der Waals surface area contributed by atoms with Crippen molar-refractivity contribution < 1.29 is 27.4 Å². The quantitative estimate of drug-likeness (QED) is 0.745. The van der Waals surface area contributed by atoms with E-state index in [4.69, 9.17) is 0 Å². The Morgan fingerprint density at radius 3 is 2.67 bits per heavy atom. The summed E-state index contributed by atoms with van der Waals surface area (Å²) >= 11 is 1.53. The molecule has 0 radical (unpaired) electrons. The van der Waals surface area contributed by atoms with E-state index in [1.165, 1.54) is 11.3 Å². The van der Waals surface area contributed by atoms with Crippen LogP contribution in [0.5, 0.6) is 0 Å². The molecule has 2 nitrogen and oxygen atoms in total. The highest BCUT2D eigenvalue weighted by atomic mass is 32.1. The molecule has 0 aliphatic carbocycles. The standard InChI is InChI=1S/C11H14F4O2S/c12-10(13)11(14,15)7-17-6-8(16)3-4-9-2-1-5-18-9/h1-2,5,8,10,16H,3-4,6-7H2. The Morgan fingerprint density at radius 2 is 2.11 bits per heavy atom. The van der Waals surface area contributed by atoms with Crippen LogP contribution in [0.1, 0.15) is 11.3 Å². The monoisotopic (exact) mass is 286 g/mol. The van der Waals surface area contributed by atoms with Crippen molar-refractivity contribution in [3.05, 3.63) is 22.4 Å². The Hall–Kier alpha value is -0.660. The Morgan fingerprint density at radius 1 is 1.39 bits per heavy atom. The van der Waals surface area contributed by atoms with E-state index >= 15 is 0 Å². The van der Waals surface area contributed by atoms with Crippen molar-refractivity contribution >= 4 is 11.3 Å². The van der Waals surface area contributed by atoms with Crippen LogP contribution in [0, 0.1) is 0 Å². The molecule has 0 saturated carbocycles. The zero-order chi connectivity index (χ0) is 13.6. The predicted octanol–water partition coefficient (Wildman–Crippen LogP) is 2.96. The zero-order valence-corrected chi connectivity index (χ0v) is 10.3. The van der Waals surface area contributed by atoms with Crippen molar-refractivity contribution in [2.45, 2.75) is 31.3 Å². The zero-order valence-electron chi connectivity index (χ0n) is 9.49. The maximum absolute atomic E-state index is 12.5. The largest absolute Gasteiger partial charge is 0.391 e. The van der Waals surface area contributed by atoms with Crippen LogP contribution in [0.25, 0.3) is 0 Å². The van der Waals surface area contributed by atoms with E-state index in [0.717, 1.165) is 4.88 Å². The van der Waals surface area contributed by atoms with Crippen molar-refractivity contribution in [1.29, 1.82) is 0 Å². The predicted molar refractivity (Wildman–Crippen MR) is 60.4 cm³/mol. The molecule has 1 rings (SSSR count). The van der Waals surface area contributed by atoms with E-state index in [1.54, 1.807) is 0 Å². The molecule has 0 saturated heterocycles. The Kier molecular flexibility index (Phi) is 6.04. The summed E-state index contributed by atoms with van der Waals surface area (Å²) in [4.78, 5) is 1.06. The van der Waals surface area contributed by atoms with Crippen LogP contribution in [0.4, 0.5) is 17.6 Å². The average molecular weight is 286 g/mol. The highest BCUT2D eigenvalue weighted by Gasteiger charge is 2.41. The molecule has 0 amide bonds. The fourth-order valence-electron chi connectivity index (χ4n) is 1.24. The van der Waals surface area contributed by atoms with Gasteiger partial charge in [-0.1, -0.05) is 6.07 Å². The van der Waals surface area contributed by atoms with E-state index in [0.29, 0.717) is 12.8 Å². The summed E-state index contributed by atoms with van der Waals surface area (Å²) in [5, 5.41) is 11.3. The third-order valence-electron chi connectivity index (χ3n) is 2.23. The fourth-order valence-corrected chi connectivity index (χ4v) is 1.97. The normalized spacial score (nSPS) is 14.1. The van der Waals surface area contributed by atoms with Crippen LogP contribution >= 0.6 is 11.3 Å². The van der Waals surface area contributed by atoms with Crippen molar-refractivity contribution in [1.82, 2.24) is 0 Å². The number of hydrogen-bond acceptors (Lipinski definition) is 3. The molecule has 0 bridgehead atoms. The minimum absolute atomic E-state index is 0.348. The Bertz CT molecular complexity index is 330. The smallest absolute Gasteiger partial charge is 0.330 e. The van der Waals surface area contributed by atoms with Crippen LogP contribution in [0.2, 0.25) is 0 Å². The third kappa shape index (κ3) is 5.32. The SMILES string of the molecule is OC(CCc1cccs1)COCC(F)(F)C(F)F. The second kappa shape index (κ2) is 7.06. The second-order valence-electron chi connectivity index (χ2n) is 3.85. The van der Waals surface area contributed by atoms with Gasteiger partial charge in [-0.3, -0.25) is 0 Å². The van der Waals surface area contributed by atoms with E-state index in [-0.39, 0.29) is 6.61 Å². The van der Waals surface area contributed by atoms with Gasteiger partial charge < -0.3 is 9.84 Å². The second-order valence-corrected chi connectivity index (χ2v) is 4.88. The number of thiophene rings is 1. The van der Waals surface area contributed by atoms with Crippen molar-refractivity contribution in [2.24, 2.45) is 0 Å². The summed E-state index contributed by atoms with van der Waals surface area (Å²) < 4.78 is 52.9. The molecule has 1 aromatic heterocycles. The van der Waals surface area contributed by atoms with Crippen molar-refractivity contribution in [2.75, 3.05) is 13.2 Å². The molecule has 1 N–H and O–H groups in total. The van der Waals surface area contributed by atoms with Crippen molar-refractivity contribution in [3.8, 4) is 0 Å². The first kappa shape index (κ1) is 15.4. The van der Waals surface area contributed by atoms with Crippen LogP contribution in [-0.2, 0) is 11.2 Å². The lowest BCUT2D eigenvalue weighted by Gasteiger charge is -2.16. The highest BCUT2D eigenvalue weighted by molar-refractivity contribution is 7.09. The molecule has 1 atom stereocenters. The number of aryl methyl sites for hydroxylation is 1. The van der Waals surface area contributed by atoms with E-state index in [9.17, 15) is 22.7 Å². The molecule has 0 aromatic carbocycles. The molecular weight excluding hydrogens is 272 g/mol. The number of hydrogen-bond donors (Lipinski definition) is 1. The number of rotatable bonds is 8. The minimum Gasteiger partial charge on any atom is -0.391 e. The van der Waals surface area contributed by atoms with Gasteiger partial charge in [0.2, 0.25) is 0 Å². The summed E-state index contributed by atoms with van der Waals surface area (Å²) in [5.41, 5.74) is 0. The number of alkyl halides is 4. The Labute approximate surface area is 106 Å². The van der Waals surface area contributed by atoms with Gasteiger partial charge in [-0.05, 0) is 24.3 Å². The van der Waals surface area contributed by atoms with Gasteiger partial charge in [0.15, 0.2) is 0 Å². The molecule has 0 aliphatic heterocycles. The summed E-state index contributed by atoms with van der Waals surface area (Å²) in [5.74, 6) is -4.16. The molecule has 0 spiro atoms. The van der Waals surface area contributed by atoms with E-state index in [1.807, 2.05) is 17.5 Å². The van der Waals surface area contributed by atoms with Crippen molar-refractivity contribution in [3.63, 3.8) is 0 Å². The average Bonchev–Trinajstić information content (AvgIpc) is 2.78. The first-order valence-electron chi connectivity index (χ1n) is 5.36. The van der Waals surface area contributed by atoms with Gasteiger partial charge in [0.1, 0.15) is 6.61 Å². The molecule has 18 heavy (non-hydrogen) atoms. The number of halogens is 4. The summed E-state index contributed by atoms with van der Waals surface area (Å²) in [7, 11) is 0. The summed E-state index contributed by atoms with van der Waals surface area (Å²) in [6.45, 7) is -1.74. The maximum Gasteiger partial charge on any atom is 0.330 e. The van der Waals surface area contributed by atoms with Gasteiger partial charge >= 0.3 is 12.3 Å². The van der Waals surface area contributed by atoms with Gasteiger partial charge in [0.05, 0.1) is 12.7 Å². The molecular formula is C11H14F4O2S. The number of ether oxygens (including phenoxy) is 1. The molecule has 0 aliphatic rings. The molecule has 1 unspecified atom stereocenters. The van der Waals surface area contributed by atoms with Crippen LogP contribution < -0.4 is 0 Å².